The number of amides is 1. The third-order valence-corrected chi connectivity index (χ3v) is 4.01. The van der Waals surface area contributed by atoms with Crippen LogP contribution >= 0.6 is 23.2 Å². The average Bonchev–Trinajstić information content (AvgIpc) is 2.65. The molecule has 0 unspecified atom stereocenters. The highest BCUT2D eigenvalue weighted by Gasteiger charge is 2.33. The van der Waals surface area contributed by atoms with Crippen LogP contribution in [0.1, 0.15) is 37.0 Å². The molecule has 2 aromatic rings. The average molecular weight is 367 g/mol. The highest BCUT2D eigenvalue weighted by atomic mass is 35.5. The first-order valence-corrected chi connectivity index (χ1v) is 8.48. The molecule has 126 valence electrons. The van der Waals surface area contributed by atoms with E-state index in [9.17, 15) is 4.79 Å². The Bertz CT molecular complexity index is 785. The number of carbonyl (C=O) groups is 1. The molecule has 2 aromatic heterocycles. The van der Waals surface area contributed by atoms with Gasteiger partial charge in [-0.15, -0.1) is 20.4 Å². The van der Waals surface area contributed by atoms with Gasteiger partial charge in [-0.25, -0.2) is 0 Å². The van der Waals surface area contributed by atoms with Crippen molar-refractivity contribution in [3.05, 3.63) is 28.0 Å². The van der Waals surface area contributed by atoms with E-state index in [1.807, 2.05) is 18.7 Å². The fourth-order valence-corrected chi connectivity index (χ4v) is 2.99. The minimum absolute atomic E-state index is 0.171. The minimum atomic E-state index is -0.222. The Morgan fingerprint density at radius 1 is 0.875 bits per heavy atom. The van der Waals surface area contributed by atoms with Gasteiger partial charge in [0, 0.05) is 19.2 Å². The summed E-state index contributed by atoms with van der Waals surface area (Å²) in [6.07, 6.45) is 1.61. The fourth-order valence-electron chi connectivity index (χ4n) is 2.70. The molecule has 3 rings (SSSR count). The molecule has 0 aromatic carbocycles. The van der Waals surface area contributed by atoms with Crippen molar-refractivity contribution >= 4 is 46.4 Å². The molecule has 3 heterocycles. The Kier molecular flexibility index (Phi) is 4.82. The van der Waals surface area contributed by atoms with Crippen molar-refractivity contribution in [2.45, 2.75) is 26.7 Å². The molecule has 0 aliphatic carbocycles. The van der Waals surface area contributed by atoms with Gasteiger partial charge in [-0.05, 0) is 18.9 Å². The number of fused-ring (bicyclic) bond motifs is 2. The Morgan fingerprint density at radius 3 is 2.12 bits per heavy atom. The van der Waals surface area contributed by atoms with E-state index in [1.54, 1.807) is 17.0 Å². The summed E-state index contributed by atoms with van der Waals surface area (Å²) in [7, 11) is 0. The summed E-state index contributed by atoms with van der Waals surface area (Å²) in [6, 6.07) is 3.24. The second kappa shape index (κ2) is 6.86. The van der Waals surface area contributed by atoms with Crippen LogP contribution in [-0.4, -0.2) is 39.4 Å². The van der Waals surface area contributed by atoms with Gasteiger partial charge in [0.15, 0.2) is 21.9 Å². The summed E-state index contributed by atoms with van der Waals surface area (Å²) in [5, 5.41) is 16.6. The van der Waals surface area contributed by atoms with Gasteiger partial charge in [0.1, 0.15) is 0 Å². The summed E-state index contributed by atoms with van der Waals surface area (Å²) in [6.45, 7) is 5.16. The third-order valence-electron chi connectivity index (χ3n) is 3.64. The predicted molar refractivity (Wildman–Crippen MR) is 93.3 cm³/mol. The molecule has 0 bridgehead atoms. The maximum Gasteiger partial charge on any atom is 0.263 e. The summed E-state index contributed by atoms with van der Waals surface area (Å²) in [5.74, 6) is 0.698. The van der Waals surface area contributed by atoms with E-state index >= 15 is 0 Å². The molecule has 0 saturated heterocycles. The van der Waals surface area contributed by atoms with E-state index < -0.39 is 0 Å². The summed E-state index contributed by atoms with van der Waals surface area (Å²) in [4.78, 5) is 16.5. The Balaban J connectivity index is 2.29. The standard InChI is InChI=1S/C15H16Cl2N6O/c1-3-5-22-10-8-12(17)19-21-14(10)23(6-4-2)15(24)9-7-11(16)18-20-13(9)22/h7-8H,3-6H2,1-2H3. The molecule has 1 aliphatic rings. The molecule has 24 heavy (non-hydrogen) atoms. The van der Waals surface area contributed by atoms with E-state index in [0.29, 0.717) is 36.0 Å². The van der Waals surface area contributed by atoms with Crippen LogP contribution in [0.5, 0.6) is 0 Å². The number of carbonyl (C=O) groups excluding carboxylic acids is 1. The number of halogens is 2. The quantitative estimate of drug-likeness (QED) is 0.824. The molecule has 9 heteroatoms. The fraction of sp³-hybridized carbons (Fsp3) is 0.400. The largest absolute Gasteiger partial charge is 0.321 e. The van der Waals surface area contributed by atoms with Gasteiger partial charge in [0.05, 0.1) is 11.3 Å². The SMILES string of the molecule is CCCN1C(=O)c2cc(Cl)nnc2N(CCC)c2cc(Cl)nnc21. The minimum Gasteiger partial charge on any atom is -0.321 e. The van der Waals surface area contributed by atoms with Crippen LogP contribution in [-0.2, 0) is 0 Å². The van der Waals surface area contributed by atoms with Crippen molar-refractivity contribution in [1.29, 1.82) is 0 Å². The van der Waals surface area contributed by atoms with Crippen molar-refractivity contribution < 1.29 is 4.79 Å². The van der Waals surface area contributed by atoms with Crippen LogP contribution in [0.3, 0.4) is 0 Å². The summed E-state index contributed by atoms with van der Waals surface area (Å²) in [5.41, 5.74) is 1.08. The first kappa shape index (κ1) is 16.9. The van der Waals surface area contributed by atoms with Crippen LogP contribution in [0.25, 0.3) is 0 Å². The molecular weight excluding hydrogens is 351 g/mol. The Morgan fingerprint density at radius 2 is 1.46 bits per heavy atom. The van der Waals surface area contributed by atoms with Gasteiger partial charge in [-0.1, -0.05) is 37.0 Å². The van der Waals surface area contributed by atoms with E-state index in [4.69, 9.17) is 23.2 Å². The van der Waals surface area contributed by atoms with Gasteiger partial charge >= 0.3 is 0 Å². The molecule has 1 amide bonds. The maximum atomic E-state index is 13.0. The molecule has 0 N–H and O–H groups in total. The van der Waals surface area contributed by atoms with Crippen molar-refractivity contribution in [2.24, 2.45) is 0 Å². The van der Waals surface area contributed by atoms with E-state index in [0.717, 1.165) is 12.8 Å². The van der Waals surface area contributed by atoms with Crippen LogP contribution in [0.4, 0.5) is 17.3 Å². The second-order valence-corrected chi connectivity index (χ2v) is 6.16. The van der Waals surface area contributed by atoms with Crippen LogP contribution in [0.2, 0.25) is 10.3 Å². The molecule has 0 spiro atoms. The molecule has 0 atom stereocenters. The van der Waals surface area contributed by atoms with Crippen molar-refractivity contribution in [2.75, 3.05) is 22.9 Å². The molecule has 7 nitrogen and oxygen atoms in total. The van der Waals surface area contributed by atoms with E-state index in [2.05, 4.69) is 20.4 Å². The lowest BCUT2D eigenvalue weighted by molar-refractivity contribution is 0.0987. The second-order valence-electron chi connectivity index (χ2n) is 5.39. The van der Waals surface area contributed by atoms with Crippen LogP contribution < -0.4 is 9.80 Å². The molecule has 0 radical (unpaired) electrons. The molecule has 1 aliphatic heterocycles. The summed E-state index contributed by atoms with van der Waals surface area (Å²) >= 11 is 12.0. The number of nitrogens with zero attached hydrogens (tertiary/aromatic N) is 6. The smallest absolute Gasteiger partial charge is 0.263 e. The lowest BCUT2D eigenvalue weighted by Gasteiger charge is -2.24. The zero-order valence-electron chi connectivity index (χ0n) is 13.3. The highest BCUT2D eigenvalue weighted by Crippen LogP contribution is 2.39. The number of aromatic nitrogens is 4. The van der Waals surface area contributed by atoms with Crippen molar-refractivity contribution in [1.82, 2.24) is 20.4 Å². The number of hydrogen-bond donors (Lipinski definition) is 0. The first-order chi connectivity index (χ1) is 11.6. The normalized spacial score (nSPS) is 13.6. The topological polar surface area (TPSA) is 75.1 Å². The van der Waals surface area contributed by atoms with Crippen LogP contribution in [0.15, 0.2) is 12.1 Å². The maximum absolute atomic E-state index is 13.0. The Labute approximate surface area is 149 Å². The number of anilines is 3. The highest BCUT2D eigenvalue weighted by molar-refractivity contribution is 6.30. The number of rotatable bonds is 4. The molecular formula is C15H16Cl2N6O. The third kappa shape index (κ3) is 2.89. The van der Waals surface area contributed by atoms with Gasteiger partial charge in [-0.3, -0.25) is 9.69 Å². The molecule has 0 saturated carbocycles. The van der Waals surface area contributed by atoms with Gasteiger partial charge < -0.3 is 4.90 Å². The Hall–Kier alpha value is -1.99. The first-order valence-electron chi connectivity index (χ1n) is 7.72. The zero-order valence-corrected chi connectivity index (χ0v) is 14.8. The lowest BCUT2D eigenvalue weighted by atomic mass is 10.2. The van der Waals surface area contributed by atoms with Gasteiger partial charge in [0.2, 0.25) is 0 Å². The molecule has 0 fully saturated rings. The van der Waals surface area contributed by atoms with Crippen molar-refractivity contribution in [3.8, 4) is 0 Å². The monoisotopic (exact) mass is 366 g/mol. The summed E-state index contributed by atoms with van der Waals surface area (Å²) < 4.78 is 0. The van der Waals surface area contributed by atoms with Crippen LogP contribution in [0, 0.1) is 0 Å². The number of hydrogen-bond acceptors (Lipinski definition) is 6. The lowest BCUT2D eigenvalue weighted by Crippen LogP contribution is -2.32. The van der Waals surface area contributed by atoms with E-state index in [-0.39, 0.29) is 16.2 Å². The predicted octanol–water partition coefficient (Wildman–Crippen LogP) is 3.49. The zero-order chi connectivity index (χ0) is 17.3. The van der Waals surface area contributed by atoms with E-state index in [1.165, 1.54) is 0 Å². The van der Waals surface area contributed by atoms with Gasteiger partial charge in [0.25, 0.3) is 5.91 Å². The van der Waals surface area contributed by atoms with Crippen molar-refractivity contribution in [3.63, 3.8) is 0 Å². The van der Waals surface area contributed by atoms with Gasteiger partial charge in [-0.2, -0.15) is 0 Å².